The van der Waals surface area contributed by atoms with Gasteiger partial charge in [-0.1, -0.05) is 0 Å². The van der Waals surface area contributed by atoms with Crippen LogP contribution >= 0.6 is 35.7 Å². The summed E-state index contributed by atoms with van der Waals surface area (Å²) in [5, 5.41) is 20.5. The number of alkyl halides is 1. The first kappa shape index (κ1) is 26.5. The van der Waals surface area contributed by atoms with Crippen LogP contribution in [0.4, 0.5) is 14.6 Å². The SMILES string of the molecule is Nc1nc(=S)n([C@@H]2OC(OP(=O)(O)OP(=O)(O)OP(=O)(O)O)[C@H](O)C2(O)CF)cc1F. The van der Waals surface area contributed by atoms with E-state index in [1.54, 1.807) is 0 Å². The van der Waals surface area contributed by atoms with Gasteiger partial charge in [-0.3, -0.25) is 9.09 Å². The molecule has 1 aromatic heterocycles. The summed E-state index contributed by atoms with van der Waals surface area (Å²) in [6.45, 7) is -1.82. The van der Waals surface area contributed by atoms with E-state index in [2.05, 4.69) is 18.1 Å². The number of nitrogens with zero attached hydrogens (tertiary/aromatic N) is 2. The molecule has 2 rings (SSSR count). The lowest BCUT2D eigenvalue weighted by Crippen LogP contribution is -2.48. The Morgan fingerprint density at radius 2 is 1.84 bits per heavy atom. The number of anilines is 1. The fourth-order valence-corrected chi connectivity index (χ4v) is 5.63. The molecule has 1 aliphatic rings. The molecule has 2 heterocycles. The van der Waals surface area contributed by atoms with E-state index >= 15 is 0 Å². The van der Waals surface area contributed by atoms with Crippen LogP contribution in [-0.2, 0) is 31.6 Å². The Balaban J connectivity index is 2.32. The first-order valence-electron chi connectivity index (χ1n) is 7.39. The van der Waals surface area contributed by atoms with Crippen LogP contribution in [0.3, 0.4) is 0 Å². The number of rotatable bonds is 8. The van der Waals surface area contributed by atoms with Crippen molar-refractivity contribution in [3.05, 3.63) is 16.8 Å². The molecule has 0 spiro atoms. The van der Waals surface area contributed by atoms with Crippen molar-refractivity contribution in [3.8, 4) is 0 Å². The Labute approximate surface area is 175 Å². The fraction of sp³-hybridized carbons (Fsp3) is 0.556. The predicted octanol–water partition coefficient (Wildman–Crippen LogP) is -0.406. The quantitative estimate of drug-likeness (QED) is 0.165. The third kappa shape index (κ3) is 6.19. The molecule has 178 valence electrons. The maximum Gasteiger partial charge on any atom is 0.490 e. The Kier molecular flexibility index (Phi) is 7.60. The second kappa shape index (κ2) is 8.89. The van der Waals surface area contributed by atoms with Gasteiger partial charge in [-0.25, -0.2) is 22.5 Å². The molecule has 0 amide bonds. The molecule has 22 heteroatoms. The fourth-order valence-electron chi connectivity index (χ4n) is 2.29. The summed E-state index contributed by atoms with van der Waals surface area (Å²) in [4.78, 5) is 39.0. The molecule has 1 fully saturated rings. The minimum Gasteiger partial charge on any atom is -0.384 e. The van der Waals surface area contributed by atoms with Crippen molar-refractivity contribution < 1.29 is 70.1 Å². The van der Waals surface area contributed by atoms with Crippen molar-refractivity contribution in [1.82, 2.24) is 9.55 Å². The molecule has 0 aliphatic carbocycles. The first-order chi connectivity index (χ1) is 13.9. The van der Waals surface area contributed by atoms with E-state index in [-0.39, 0.29) is 0 Å². The van der Waals surface area contributed by atoms with Gasteiger partial charge in [0.15, 0.2) is 23.5 Å². The van der Waals surface area contributed by atoms with Crippen LogP contribution in [0.25, 0.3) is 0 Å². The van der Waals surface area contributed by atoms with Crippen molar-refractivity contribution in [2.75, 3.05) is 12.4 Å². The lowest BCUT2D eigenvalue weighted by Gasteiger charge is -2.28. The number of ether oxygens (including phenoxy) is 1. The average Bonchev–Trinajstić information content (AvgIpc) is 2.79. The third-order valence-electron chi connectivity index (χ3n) is 3.51. The summed E-state index contributed by atoms with van der Waals surface area (Å²) in [7, 11) is -17.4. The first-order valence-corrected chi connectivity index (χ1v) is 12.3. The van der Waals surface area contributed by atoms with Crippen LogP contribution in [0.1, 0.15) is 6.23 Å². The zero-order chi connectivity index (χ0) is 24.0. The van der Waals surface area contributed by atoms with Crippen molar-refractivity contribution in [2.24, 2.45) is 0 Å². The van der Waals surface area contributed by atoms with Gasteiger partial charge in [0.1, 0.15) is 12.8 Å². The molecule has 0 bridgehead atoms. The molecular formula is C9H14F2N3O13P3S. The minimum absolute atomic E-state index is 0.490. The molecule has 6 atom stereocenters. The highest BCUT2D eigenvalue weighted by Gasteiger charge is 2.59. The summed E-state index contributed by atoms with van der Waals surface area (Å²) in [6.07, 6.45) is -6.62. The van der Waals surface area contributed by atoms with Crippen molar-refractivity contribution >= 4 is 41.5 Å². The number of phosphoric ester groups is 1. The number of hydrogen-bond donors (Lipinski definition) is 7. The average molecular weight is 535 g/mol. The third-order valence-corrected chi connectivity index (χ3v) is 7.62. The standard InChI is InChI=1S/C9H14F2N3O13P3S/c10-2-9(16)4(15)6(24-7(9)14-1-3(11)5(12)13-8(14)31)25-29(20,21)27-30(22,23)26-28(17,18)19/h1,4,6-7,15-16H,2H2,(H,20,21)(H,22,23)(H2,12,13,31)(H2,17,18,19)/t4-,6?,7+,9?/m0/s1. The number of aliphatic hydroxyl groups excluding tert-OH is 1. The number of aliphatic hydroxyl groups is 2. The summed E-state index contributed by atoms with van der Waals surface area (Å²) >= 11 is 4.78. The molecule has 31 heavy (non-hydrogen) atoms. The van der Waals surface area contributed by atoms with Gasteiger partial charge in [0.2, 0.25) is 11.1 Å². The number of halogens is 2. The van der Waals surface area contributed by atoms with Crippen molar-refractivity contribution in [1.29, 1.82) is 0 Å². The van der Waals surface area contributed by atoms with Gasteiger partial charge in [-0.2, -0.15) is 13.6 Å². The number of nitrogen functional groups attached to an aromatic ring is 1. The summed E-state index contributed by atoms with van der Waals surface area (Å²) in [6, 6.07) is 0. The molecule has 16 nitrogen and oxygen atoms in total. The second-order valence-corrected chi connectivity index (χ2v) is 10.5. The summed E-state index contributed by atoms with van der Waals surface area (Å²) in [5.74, 6) is -1.88. The molecule has 4 unspecified atom stereocenters. The van der Waals surface area contributed by atoms with Gasteiger partial charge in [-0.05, 0) is 12.2 Å². The predicted molar refractivity (Wildman–Crippen MR) is 93.2 cm³/mol. The summed E-state index contributed by atoms with van der Waals surface area (Å²) < 4.78 is 77.1. The van der Waals surface area contributed by atoms with Crippen LogP contribution in [0.5, 0.6) is 0 Å². The Hall–Kier alpha value is -0.750. The van der Waals surface area contributed by atoms with Gasteiger partial charge >= 0.3 is 23.5 Å². The molecule has 1 saturated heterocycles. The molecular weight excluding hydrogens is 521 g/mol. The number of nitrogens with two attached hydrogens (primary N) is 1. The normalized spacial score (nSPS) is 30.6. The molecule has 1 aliphatic heterocycles. The topological polar surface area (TPSA) is 253 Å². The summed E-state index contributed by atoms with van der Waals surface area (Å²) in [5.41, 5.74) is 2.22. The zero-order valence-corrected chi connectivity index (χ0v) is 18.0. The van der Waals surface area contributed by atoms with E-state index in [1.807, 2.05) is 0 Å². The van der Waals surface area contributed by atoms with Crippen LogP contribution in [0.2, 0.25) is 0 Å². The minimum atomic E-state index is -5.91. The Morgan fingerprint density at radius 3 is 2.35 bits per heavy atom. The smallest absolute Gasteiger partial charge is 0.384 e. The number of phosphoric acid groups is 3. The lowest BCUT2D eigenvalue weighted by molar-refractivity contribution is -0.139. The zero-order valence-electron chi connectivity index (χ0n) is 14.5. The molecule has 8 N–H and O–H groups in total. The van der Waals surface area contributed by atoms with E-state index in [0.29, 0.717) is 10.8 Å². The van der Waals surface area contributed by atoms with E-state index in [9.17, 15) is 37.6 Å². The van der Waals surface area contributed by atoms with E-state index in [1.165, 1.54) is 0 Å². The molecule has 1 aromatic rings. The van der Waals surface area contributed by atoms with Crippen molar-refractivity contribution in [3.63, 3.8) is 0 Å². The van der Waals surface area contributed by atoms with Gasteiger partial charge in [0, 0.05) is 6.20 Å². The van der Waals surface area contributed by atoms with E-state index in [4.69, 9.17) is 37.4 Å². The Bertz CT molecular complexity index is 1050. The van der Waals surface area contributed by atoms with Crippen molar-refractivity contribution in [2.45, 2.75) is 24.2 Å². The Morgan fingerprint density at radius 1 is 1.26 bits per heavy atom. The molecule has 0 saturated carbocycles. The van der Waals surface area contributed by atoms with Crippen LogP contribution < -0.4 is 5.73 Å². The molecule has 0 radical (unpaired) electrons. The maximum atomic E-state index is 13.7. The maximum absolute atomic E-state index is 13.7. The monoisotopic (exact) mass is 535 g/mol. The molecule has 0 aromatic carbocycles. The second-order valence-electron chi connectivity index (χ2n) is 5.79. The highest BCUT2D eigenvalue weighted by atomic mass is 32.1. The van der Waals surface area contributed by atoms with E-state index < -0.39 is 70.8 Å². The highest BCUT2D eigenvalue weighted by molar-refractivity contribution is 7.71. The van der Waals surface area contributed by atoms with Gasteiger partial charge in [0.05, 0.1) is 0 Å². The van der Waals surface area contributed by atoms with E-state index in [0.717, 1.165) is 0 Å². The number of aromatic nitrogens is 2. The van der Waals surface area contributed by atoms with Gasteiger partial charge in [0.25, 0.3) is 0 Å². The largest absolute Gasteiger partial charge is 0.490 e. The van der Waals surface area contributed by atoms with Gasteiger partial charge < -0.3 is 40.3 Å². The van der Waals surface area contributed by atoms with Gasteiger partial charge in [-0.15, -0.1) is 0 Å². The van der Waals surface area contributed by atoms with Crippen LogP contribution in [0.15, 0.2) is 6.20 Å². The van der Waals surface area contributed by atoms with Crippen LogP contribution in [-0.4, -0.2) is 64.0 Å². The highest BCUT2D eigenvalue weighted by Crippen LogP contribution is 2.67. The lowest BCUT2D eigenvalue weighted by atomic mass is 9.98. The van der Waals surface area contributed by atoms with Crippen LogP contribution in [0, 0.1) is 10.6 Å². The number of hydrogen-bond acceptors (Lipinski definition) is 12.